The van der Waals surface area contributed by atoms with Crippen molar-refractivity contribution in [2.75, 3.05) is 0 Å². The van der Waals surface area contributed by atoms with E-state index in [1.807, 2.05) is 43.0 Å². The molecule has 6 rings (SSSR count). The van der Waals surface area contributed by atoms with Crippen LogP contribution in [0, 0.1) is 0 Å². The fourth-order valence-corrected chi connectivity index (χ4v) is 3.58. The Kier molecular flexibility index (Phi) is 3.30. The van der Waals surface area contributed by atoms with Gasteiger partial charge in [-0.25, -0.2) is 4.98 Å². The van der Waals surface area contributed by atoms with Crippen LogP contribution in [0.2, 0.25) is 0 Å². The van der Waals surface area contributed by atoms with Crippen LogP contribution < -0.4 is 0 Å². The Labute approximate surface area is 164 Å². The van der Waals surface area contributed by atoms with E-state index in [4.69, 9.17) is 0 Å². The summed E-state index contributed by atoms with van der Waals surface area (Å²) in [5.74, 6) is 0. The second kappa shape index (κ2) is 6.10. The van der Waals surface area contributed by atoms with Gasteiger partial charge in [0.1, 0.15) is 5.69 Å². The molecule has 0 unspecified atom stereocenters. The fourth-order valence-electron chi connectivity index (χ4n) is 3.58. The lowest BCUT2D eigenvalue weighted by molar-refractivity contribution is 1.09. The molecule has 0 aliphatic rings. The third kappa shape index (κ3) is 2.50. The van der Waals surface area contributed by atoms with Gasteiger partial charge in [-0.05, 0) is 24.3 Å². The Morgan fingerprint density at radius 2 is 1.86 bits per heavy atom. The third-order valence-electron chi connectivity index (χ3n) is 4.99. The monoisotopic (exact) mass is 378 g/mol. The van der Waals surface area contributed by atoms with Gasteiger partial charge < -0.3 is 4.98 Å². The van der Waals surface area contributed by atoms with Crippen molar-refractivity contribution in [3.05, 3.63) is 67.5 Å². The number of pyridine rings is 3. The van der Waals surface area contributed by atoms with Gasteiger partial charge in [-0.3, -0.25) is 20.2 Å². The SMILES string of the molecule is c1ccc(-c2cncc3[nH]c(-c4n[nH]c5ncc(-c6cn[nH]c6)cc45)cc23)nc1. The standard InChI is InChI=1S/C21H14N8/c1-2-4-23-17(3-1)16-10-22-11-19-14(16)6-18(27-19)20-15-5-12(13-8-25-26-9-13)7-24-21(15)29-28-20/h1-11,27H,(H,25,26)(H,24,28,29). The summed E-state index contributed by atoms with van der Waals surface area (Å²) < 4.78 is 0. The summed E-state index contributed by atoms with van der Waals surface area (Å²) in [7, 11) is 0. The minimum Gasteiger partial charge on any atom is -0.352 e. The van der Waals surface area contributed by atoms with Crippen LogP contribution in [0.3, 0.4) is 0 Å². The first-order valence-electron chi connectivity index (χ1n) is 9.08. The first-order valence-corrected chi connectivity index (χ1v) is 9.08. The minimum atomic E-state index is 0.731. The maximum absolute atomic E-state index is 4.51. The molecule has 8 nitrogen and oxygen atoms in total. The molecule has 6 heterocycles. The van der Waals surface area contributed by atoms with Crippen molar-refractivity contribution in [3.8, 4) is 33.8 Å². The molecule has 0 saturated heterocycles. The van der Waals surface area contributed by atoms with Crippen molar-refractivity contribution in [2.24, 2.45) is 0 Å². The van der Waals surface area contributed by atoms with Crippen LogP contribution >= 0.6 is 0 Å². The Hall–Kier alpha value is -4.33. The molecule has 0 bridgehead atoms. The third-order valence-corrected chi connectivity index (χ3v) is 4.99. The predicted octanol–water partition coefficient (Wildman–Crippen LogP) is 3.95. The van der Waals surface area contributed by atoms with Crippen molar-refractivity contribution in [1.29, 1.82) is 0 Å². The molecule has 0 fully saturated rings. The fraction of sp³-hybridized carbons (Fsp3) is 0. The van der Waals surface area contributed by atoms with Gasteiger partial charge in [-0.2, -0.15) is 10.2 Å². The van der Waals surface area contributed by atoms with Crippen molar-refractivity contribution in [1.82, 2.24) is 40.3 Å². The molecular formula is C21H14N8. The van der Waals surface area contributed by atoms with Gasteiger partial charge in [0.2, 0.25) is 0 Å². The summed E-state index contributed by atoms with van der Waals surface area (Å²) in [5, 5.41) is 16.4. The summed E-state index contributed by atoms with van der Waals surface area (Å²) in [4.78, 5) is 16.8. The first kappa shape index (κ1) is 15.7. The van der Waals surface area contributed by atoms with Crippen LogP contribution in [-0.4, -0.2) is 40.3 Å². The van der Waals surface area contributed by atoms with E-state index in [2.05, 4.69) is 52.5 Å². The van der Waals surface area contributed by atoms with E-state index in [1.165, 1.54) is 0 Å². The van der Waals surface area contributed by atoms with Crippen molar-refractivity contribution >= 4 is 21.9 Å². The molecule has 0 aliphatic heterocycles. The highest BCUT2D eigenvalue weighted by atomic mass is 15.2. The molecule has 29 heavy (non-hydrogen) atoms. The number of hydrogen-bond donors (Lipinski definition) is 3. The molecule has 0 amide bonds. The van der Waals surface area contributed by atoms with Crippen LogP contribution in [-0.2, 0) is 0 Å². The molecule has 3 N–H and O–H groups in total. The van der Waals surface area contributed by atoms with E-state index in [0.29, 0.717) is 0 Å². The quantitative estimate of drug-likeness (QED) is 0.432. The summed E-state index contributed by atoms with van der Waals surface area (Å²) in [6, 6.07) is 10.0. The van der Waals surface area contributed by atoms with Crippen LogP contribution in [0.1, 0.15) is 0 Å². The number of fused-ring (bicyclic) bond motifs is 2. The Morgan fingerprint density at radius 1 is 0.862 bits per heavy atom. The molecule has 6 aromatic rings. The Morgan fingerprint density at radius 3 is 2.72 bits per heavy atom. The molecule has 138 valence electrons. The minimum absolute atomic E-state index is 0.731. The van der Waals surface area contributed by atoms with Gasteiger partial charge in [0, 0.05) is 52.3 Å². The molecule has 0 radical (unpaired) electrons. The highest BCUT2D eigenvalue weighted by Gasteiger charge is 2.15. The number of H-pyrrole nitrogens is 3. The Bertz CT molecular complexity index is 1440. The molecule has 8 heteroatoms. The van der Waals surface area contributed by atoms with Crippen LogP contribution in [0.25, 0.3) is 55.7 Å². The van der Waals surface area contributed by atoms with Gasteiger partial charge in [0.25, 0.3) is 0 Å². The van der Waals surface area contributed by atoms with Crippen LogP contribution in [0.5, 0.6) is 0 Å². The number of nitrogens with zero attached hydrogens (tertiary/aromatic N) is 5. The second-order valence-electron chi connectivity index (χ2n) is 6.73. The van der Waals surface area contributed by atoms with E-state index < -0.39 is 0 Å². The zero-order valence-electron chi connectivity index (χ0n) is 15.1. The van der Waals surface area contributed by atoms with E-state index >= 15 is 0 Å². The number of aromatic amines is 3. The average Bonchev–Trinajstić information content (AvgIpc) is 3.52. The van der Waals surface area contributed by atoms with Gasteiger partial charge in [0.15, 0.2) is 5.65 Å². The predicted molar refractivity (Wildman–Crippen MR) is 110 cm³/mol. The van der Waals surface area contributed by atoms with E-state index in [-0.39, 0.29) is 0 Å². The summed E-state index contributed by atoms with van der Waals surface area (Å²) in [6.45, 7) is 0. The normalized spacial score (nSPS) is 11.4. The van der Waals surface area contributed by atoms with Crippen LogP contribution in [0.4, 0.5) is 0 Å². The summed E-state index contributed by atoms with van der Waals surface area (Å²) >= 11 is 0. The largest absolute Gasteiger partial charge is 0.352 e. The number of nitrogens with one attached hydrogen (secondary N) is 3. The van der Waals surface area contributed by atoms with Crippen LogP contribution in [0.15, 0.2) is 67.5 Å². The van der Waals surface area contributed by atoms with Gasteiger partial charge in [-0.15, -0.1) is 0 Å². The maximum atomic E-state index is 4.51. The topological polar surface area (TPSA) is 112 Å². The van der Waals surface area contributed by atoms with E-state index in [0.717, 1.165) is 55.7 Å². The lowest BCUT2D eigenvalue weighted by atomic mass is 10.1. The lowest BCUT2D eigenvalue weighted by Gasteiger charge is -2.00. The lowest BCUT2D eigenvalue weighted by Crippen LogP contribution is -1.84. The zero-order valence-corrected chi connectivity index (χ0v) is 15.1. The summed E-state index contributed by atoms with van der Waals surface area (Å²) in [5.41, 5.74) is 7.16. The molecule has 6 aromatic heterocycles. The van der Waals surface area contributed by atoms with Gasteiger partial charge >= 0.3 is 0 Å². The number of hydrogen-bond acceptors (Lipinski definition) is 5. The number of aromatic nitrogens is 8. The highest BCUT2D eigenvalue weighted by molar-refractivity contribution is 6.00. The molecule has 0 aromatic carbocycles. The second-order valence-corrected chi connectivity index (χ2v) is 6.73. The average molecular weight is 378 g/mol. The van der Waals surface area contributed by atoms with Gasteiger partial charge in [0.05, 0.1) is 29.3 Å². The molecule has 0 aliphatic carbocycles. The highest BCUT2D eigenvalue weighted by Crippen LogP contribution is 2.33. The molecular weight excluding hydrogens is 364 g/mol. The number of rotatable bonds is 3. The van der Waals surface area contributed by atoms with Crippen molar-refractivity contribution < 1.29 is 0 Å². The van der Waals surface area contributed by atoms with Crippen molar-refractivity contribution in [2.45, 2.75) is 0 Å². The molecule has 0 atom stereocenters. The van der Waals surface area contributed by atoms with Gasteiger partial charge in [-0.1, -0.05) is 6.07 Å². The first-order chi connectivity index (χ1) is 14.4. The molecule has 0 spiro atoms. The maximum Gasteiger partial charge on any atom is 0.155 e. The molecule has 0 saturated carbocycles. The van der Waals surface area contributed by atoms with E-state index in [1.54, 1.807) is 12.4 Å². The summed E-state index contributed by atoms with van der Waals surface area (Å²) in [6.07, 6.45) is 10.9. The smallest absolute Gasteiger partial charge is 0.155 e. The van der Waals surface area contributed by atoms with E-state index in [9.17, 15) is 0 Å². The Balaban J connectivity index is 1.54. The van der Waals surface area contributed by atoms with Crippen molar-refractivity contribution in [3.63, 3.8) is 0 Å². The zero-order chi connectivity index (χ0) is 19.2.